The van der Waals surface area contributed by atoms with Crippen molar-refractivity contribution in [1.29, 1.82) is 0 Å². The summed E-state index contributed by atoms with van der Waals surface area (Å²) in [5, 5.41) is 0. The second-order valence-corrected chi connectivity index (χ2v) is 10.3. The zero-order valence-electron chi connectivity index (χ0n) is 12.8. The summed E-state index contributed by atoms with van der Waals surface area (Å²) in [4.78, 5) is 0.393. The molecule has 22 heavy (non-hydrogen) atoms. The minimum atomic E-state index is -3.43. The molecule has 4 aliphatic carbocycles. The van der Waals surface area contributed by atoms with E-state index in [4.69, 9.17) is 0 Å². The van der Waals surface area contributed by atoms with Gasteiger partial charge in [-0.1, -0.05) is 15.9 Å². The molecule has 1 aromatic rings. The highest BCUT2D eigenvalue weighted by Gasteiger charge is 2.52. The quantitative estimate of drug-likeness (QED) is 0.856. The molecule has 5 heteroatoms. The highest BCUT2D eigenvalue weighted by Crippen LogP contribution is 2.55. The van der Waals surface area contributed by atoms with Gasteiger partial charge in [0.2, 0.25) is 10.0 Å². The zero-order chi connectivity index (χ0) is 15.5. The topological polar surface area (TPSA) is 46.2 Å². The fourth-order valence-corrected chi connectivity index (χ4v) is 7.13. The number of nitrogens with one attached hydrogen (secondary N) is 1. The maximum absolute atomic E-state index is 12.9. The van der Waals surface area contributed by atoms with Crippen LogP contribution < -0.4 is 4.72 Å². The van der Waals surface area contributed by atoms with Gasteiger partial charge in [0, 0.05) is 10.0 Å². The van der Waals surface area contributed by atoms with E-state index in [-0.39, 0.29) is 5.54 Å². The van der Waals surface area contributed by atoms with Gasteiger partial charge in [-0.3, -0.25) is 0 Å². The smallest absolute Gasteiger partial charge is 0.207 e. The van der Waals surface area contributed by atoms with Gasteiger partial charge in [-0.2, -0.15) is 0 Å². The average molecular weight is 384 g/mol. The summed E-state index contributed by atoms with van der Waals surface area (Å²) in [6, 6.07) is 5.27. The first-order valence-electron chi connectivity index (χ1n) is 8.15. The van der Waals surface area contributed by atoms with E-state index in [1.165, 1.54) is 19.3 Å². The molecule has 120 valence electrons. The summed E-state index contributed by atoms with van der Waals surface area (Å²) >= 11 is 3.43. The third-order valence-electron chi connectivity index (χ3n) is 5.83. The zero-order valence-corrected chi connectivity index (χ0v) is 15.2. The average Bonchev–Trinajstić information content (AvgIpc) is 2.38. The number of hydrogen-bond acceptors (Lipinski definition) is 2. The van der Waals surface area contributed by atoms with Gasteiger partial charge < -0.3 is 0 Å². The minimum Gasteiger partial charge on any atom is -0.207 e. The van der Waals surface area contributed by atoms with E-state index in [1.54, 1.807) is 12.1 Å². The van der Waals surface area contributed by atoms with E-state index >= 15 is 0 Å². The second-order valence-electron chi connectivity index (χ2n) is 7.71. The molecule has 4 bridgehead atoms. The third-order valence-corrected chi connectivity index (χ3v) is 8.29. The number of halogens is 1. The highest BCUT2D eigenvalue weighted by atomic mass is 79.9. The summed E-state index contributed by atoms with van der Waals surface area (Å²) in [7, 11) is -3.43. The molecule has 0 heterocycles. The summed E-state index contributed by atoms with van der Waals surface area (Å²) in [5.41, 5.74) is 0.780. The van der Waals surface area contributed by atoms with Crippen molar-refractivity contribution in [1.82, 2.24) is 4.72 Å². The summed E-state index contributed by atoms with van der Waals surface area (Å²) < 4.78 is 29.8. The predicted molar refractivity (Wildman–Crippen MR) is 90.1 cm³/mol. The van der Waals surface area contributed by atoms with Crippen LogP contribution in [0.15, 0.2) is 27.6 Å². The molecule has 5 rings (SSSR count). The van der Waals surface area contributed by atoms with Crippen LogP contribution in [0.1, 0.15) is 44.1 Å². The molecule has 1 aromatic carbocycles. The minimum absolute atomic E-state index is 0.172. The summed E-state index contributed by atoms with van der Waals surface area (Å²) in [6.07, 6.45) is 7.06. The first-order valence-corrected chi connectivity index (χ1v) is 10.4. The molecular weight excluding hydrogens is 362 g/mol. The molecule has 0 unspecified atom stereocenters. The number of rotatable bonds is 3. The summed E-state index contributed by atoms with van der Waals surface area (Å²) in [5.74, 6) is 2.21. The fourth-order valence-electron chi connectivity index (χ4n) is 5.36. The maximum atomic E-state index is 12.9. The van der Waals surface area contributed by atoms with Crippen LogP contribution in [0.4, 0.5) is 0 Å². The van der Waals surface area contributed by atoms with Crippen molar-refractivity contribution in [3.63, 3.8) is 0 Å². The SMILES string of the molecule is Cc1cc(S(=O)(=O)NC23CC4CC(CC(C4)C2)C3)ccc1Br. The van der Waals surface area contributed by atoms with Crippen molar-refractivity contribution in [2.75, 3.05) is 0 Å². The van der Waals surface area contributed by atoms with Crippen molar-refractivity contribution in [3.8, 4) is 0 Å². The Bertz CT molecular complexity index is 678. The molecule has 0 saturated heterocycles. The van der Waals surface area contributed by atoms with Gasteiger partial charge in [-0.25, -0.2) is 13.1 Å². The molecule has 0 radical (unpaired) electrons. The van der Waals surface area contributed by atoms with E-state index in [0.29, 0.717) is 4.90 Å². The molecule has 0 aliphatic heterocycles. The lowest BCUT2D eigenvalue weighted by Crippen LogP contribution is -2.59. The molecule has 0 spiro atoms. The van der Waals surface area contributed by atoms with Crippen molar-refractivity contribution < 1.29 is 8.42 Å². The molecule has 4 fully saturated rings. The summed E-state index contributed by atoms with van der Waals surface area (Å²) in [6.45, 7) is 1.92. The lowest BCUT2D eigenvalue weighted by atomic mass is 9.53. The number of hydrogen-bond donors (Lipinski definition) is 1. The molecule has 1 N–H and O–H groups in total. The van der Waals surface area contributed by atoms with Crippen molar-refractivity contribution >= 4 is 26.0 Å². The highest BCUT2D eigenvalue weighted by molar-refractivity contribution is 9.10. The Morgan fingerprint density at radius 1 is 1.09 bits per heavy atom. The van der Waals surface area contributed by atoms with E-state index in [9.17, 15) is 8.42 Å². The molecular formula is C17H22BrNO2S. The van der Waals surface area contributed by atoms with Gasteiger partial charge in [-0.05, 0) is 87.0 Å². The van der Waals surface area contributed by atoms with Crippen LogP contribution in [0.25, 0.3) is 0 Å². The standard InChI is InChI=1S/C17H22BrNO2S/c1-11-4-15(2-3-16(11)18)22(20,21)19-17-8-12-5-13(9-17)7-14(6-12)10-17/h2-4,12-14,19H,5-10H2,1H3. The molecule has 3 nitrogen and oxygen atoms in total. The number of aryl methyl sites for hydroxylation is 1. The number of benzene rings is 1. The first-order chi connectivity index (χ1) is 10.4. The van der Waals surface area contributed by atoms with Crippen LogP contribution in [0.2, 0.25) is 0 Å². The van der Waals surface area contributed by atoms with Gasteiger partial charge in [0.1, 0.15) is 0 Å². The first kappa shape index (κ1) is 15.2. The Balaban J connectivity index is 1.63. The van der Waals surface area contributed by atoms with Gasteiger partial charge in [0.25, 0.3) is 0 Å². The Kier molecular flexibility index (Phi) is 3.48. The van der Waals surface area contributed by atoms with E-state index < -0.39 is 10.0 Å². The molecule has 0 atom stereocenters. The van der Waals surface area contributed by atoms with Gasteiger partial charge in [0.15, 0.2) is 0 Å². The number of sulfonamides is 1. The monoisotopic (exact) mass is 383 g/mol. The third kappa shape index (κ3) is 2.55. The van der Waals surface area contributed by atoms with Crippen molar-refractivity contribution in [3.05, 3.63) is 28.2 Å². The van der Waals surface area contributed by atoms with Crippen LogP contribution in [0.5, 0.6) is 0 Å². The maximum Gasteiger partial charge on any atom is 0.241 e. The largest absolute Gasteiger partial charge is 0.241 e. The van der Waals surface area contributed by atoms with Gasteiger partial charge in [-0.15, -0.1) is 0 Å². The predicted octanol–water partition coefficient (Wildman–Crippen LogP) is 4.00. The van der Waals surface area contributed by atoms with Gasteiger partial charge >= 0.3 is 0 Å². The molecule has 0 aromatic heterocycles. The Hall–Kier alpha value is -0.390. The fraction of sp³-hybridized carbons (Fsp3) is 0.647. The lowest BCUT2D eigenvalue weighted by Gasteiger charge is -2.56. The van der Waals surface area contributed by atoms with E-state index in [1.807, 2.05) is 13.0 Å². The van der Waals surface area contributed by atoms with Crippen LogP contribution in [-0.2, 0) is 10.0 Å². The van der Waals surface area contributed by atoms with Crippen molar-refractivity contribution in [2.24, 2.45) is 17.8 Å². The van der Waals surface area contributed by atoms with Crippen molar-refractivity contribution in [2.45, 2.75) is 55.9 Å². The normalized spacial score (nSPS) is 36.7. The molecule has 4 aliphatic rings. The van der Waals surface area contributed by atoms with E-state index in [0.717, 1.165) is 47.1 Å². The lowest BCUT2D eigenvalue weighted by molar-refractivity contribution is -0.00810. The Labute approximate surface area is 141 Å². The van der Waals surface area contributed by atoms with E-state index in [2.05, 4.69) is 20.7 Å². The molecule has 4 saturated carbocycles. The molecule has 0 amide bonds. The van der Waals surface area contributed by atoms with Crippen LogP contribution in [0, 0.1) is 24.7 Å². The Morgan fingerprint density at radius 3 is 2.14 bits per heavy atom. The van der Waals surface area contributed by atoms with Gasteiger partial charge in [0.05, 0.1) is 4.90 Å². The Morgan fingerprint density at radius 2 is 1.64 bits per heavy atom. The second kappa shape index (κ2) is 5.05. The van der Waals surface area contributed by atoms with Crippen LogP contribution in [0.3, 0.4) is 0 Å². The van der Waals surface area contributed by atoms with Crippen LogP contribution >= 0.6 is 15.9 Å². The van der Waals surface area contributed by atoms with Crippen LogP contribution in [-0.4, -0.2) is 14.0 Å².